The fourth-order valence-corrected chi connectivity index (χ4v) is 1.74. The smallest absolute Gasteiger partial charge is 0.226 e. The Morgan fingerprint density at radius 2 is 2.11 bits per heavy atom. The maximum absolute atomic E-state index is 12.0. The summed E-state index contributed by atoms with van der Waals surface area (Å²) in [7, 11) is 1.79. The molecule has 0 saturated carbocycles. The number of nitrogens with zero attached hydrogens (tertiary/aromatic N) is 1. The lowest BCUT2D eigenvalue weighted by atomic mass is 10.1. The van der Waals surface area contributed by atoms with E-state index in [2.05, 4.69) is 0 Å². The Kier molecular flexibility index (Phi) is 5.65. The second-order valence-corrected chi connectivity index (χ2v) is 4.37. The van der Waals surface area contributed by atoms with Crippen molar-refractivity contribution in [3.8, 4) is 5.75 Å². The summed E-state index contributed by atoms with van der Waals surface area (Å²) in [4.78, 5) is 13.6. The van der Waals surface area contributed by atoms with Crippen molar-refractivity contribution < 1.29 is 9.53 Å². The average molecular weight is 250 g/mol. The zero-order valence-corrected chi connectivity index (χ0v) is 11.3. The van der Waals surface area contributed by atoms with Crippen LogP contribution in [-0.4, -0.2) is 31.0 Å². The highest BCUT2D eigenvalue weighted by Crippen LogP contribution is 2.19. The molecule has 2 N–H and O–H groups in total. The Hall–Kier alpha value is -1.55. The Bertz CT molecular complexity index is 393. The van der Waals surface area contributed by atoms with E-state index in [1.54, 1.807) is 11.9 Å². The molecule has 0 saturated heterocycles. The minimum atomic E-state index is -0.144. The average Bonchev–Trinajstić information content (AvgIpc) is 2.39. The van der Waals surface area contributed by atoms with Crippen molar-refractivity contribution in [2.24, 2.45) is 11.7 Å². The largest absolute Gasteiger partial charge is 0.494 e. The van der Waals surface area contributed by atoms with Gasteiger partial charge in [-0.05, 0) is 13.0 Å². The number of rotatable bonds is 6. The van der Waals surface area contributed by atoms with E-state index in [1.807, 2.05) is 38.1 Å². The number of benzene rings is 1. The van der Waals surface area contributed by atoms with Crippen LogP contribution in [0.4, 0.5) is 0 Å². The Balaban J connectivity index is 2.75. The number of hydrogen-bond donors (Lipinski definition) is 1. The van der Waals surface area contributed by atoms with E-state index in [4.69, 9.17) is 10.5 Å². The quantitative estimate of drug-likeness (QED) is 0.835. The summed E-state index contributed by atoms with van der Waals surface area (Å²) in [5, 5.41) is 0. The SMILES string of the molecule is CCOc1ccccc1CN(C)C(=O)C(C)CN. The summed E-state index contributed by atoms with van der Waals surface area (Å²) >= 11 is 0. The van der Waals surface area contributed by atoms with Crippen molar-refractivity contribution >= 4 is 5.91 Å². The van der Waals surface area contributed by atoms with E-state index in [0.29, 0.717) is 19.7 Å². The van der Waals surface area contributed by atoms with E-state index in [9.17, 15) is 4.79 Å². The minimum Gasteiger partial charge on any atom is -0.494 e. The van der Waals surface area contributed by atoms with Gasteiger partial charge in [0.2, 0.25) is 5.91 Å². The summed E-state index contributed by atoms with van der Waals surface area (Å²) < 4.78 is 5.54. The van der Waals surface area contributed by atoms with Gasteiger partial charge in [-0.25, -0.2) is 0 Å². The maximum Gasteiger partial charge on any atom is 0.226 e. The van der Waals surface area contributed by atoms with Gasteiger partial charge in [0.15, 0.2) is 0 Å². The molecule has 100 valence electrons. The van der Waals surface area contributed by atoms with Crippen LogP contribution in [0.25, 0.3) is 0 Å². The molecular weight excluding hydrogens is 228 g/mol. The molecule has 0 aromatic heterocycles. The number of ether oxygens (including phenoxy) is 1. The second-order valence-electron chi connectivity index (χ2n) is 4.37. The van der Waals surface area contributed by atoms with Crippen LogP contribution < -0.4 is 10.5 Å². The minimum absolute atomic E-state index is 0.0591. The molecule has 18 heavy (non-hydrogen) atoms. The molecule has 0 aliphatic rings. The van der Waals surface area contributed by atoms with Crippen molar-refractivity contribution in [1.82, 2.24) is 4.90 Å². The molecule has 0 aliphatic carbocycles. The second kappa shape index (κ2) is 7.01. The van der Waals surface area contributed by atoms with Crippen LogP contribution in [0.5, 0.6) is 5.75 Å². The van der Waals surface area contributed by atoms with Gasteiger partial charge < -0.3 is 15.4 Å². The molecular formula is C14H22N2O2. The van der Waals surface area contributed by atoms with Crippen LogP contribution in [0.3, 0.4) is 0 Å². The molecule has 0 bridgehead atoms. The van der Waals surface area contributed by atoms with Gasteiger partial charge in [-0.15, -0.1) is 0 Å². The van der Waals surface area contributed by atoms with Crippen LogP contribution in [0, 0.1) is 5.92 Å². The fourth-order valence-electron chi connectivity index (χ4n) is 1.74. The predicted octanol–water partition coefficient (Wildman–Crippen LogP) is 1.64. The summed E-state index contributed by atoms with van der Waals surface area (Å²) in [5.74, 6) is 0.748. The number of carbonyl (C=O) groups is 1. The molecule has 0 radical (unpaired) electrons. The lowest BCUT2D eigenvalue weighted by Gasteiger charge is -2.22. The van der Waals surface area contributed by atoms with Gasteiger partial charge >= 0.3 is 0 Å². The third-order valence-corrected chi connectivity index (χ3v) is 2.83. The van der Waals surface area contributed by atoms with Gasteiger partial charge in [-0.1, -0.05) is 25.1 Å². The zero-order valence-electron chi connectivity index (χ0n) is 11.3. The van der Waals surface area contributed by atoms with Crippen molar-refractivity contribution in [3.63, 3.8) is 0 Å². The summed E-state index contributed by atoms with van der Waals surface area (Å²) in [6.07, 6.45) is 0. The normalized spacial score (nSPS) is 12.0. The molecule has 0 fully saturated rings. The highest BCUT2D eigenvalue weighted by molar-refractivity contribution is 5.78. The van der Waals surface area contributed by atoms with Gasteiger partial charge in [-0.3, -0.25) is 4.79 Å². The van der Waals surface area contributed by atoms with Crippen LogP contribution in [0.2, 0.25) is 0 Å². The molecule has 1 aromatic carbocycles. The standard InChI is InChI=1S/C14H22N2O2/c1-4-18-13-8-6-5-7-12(13)10-16(3)14(17)11(2)9-15/h5-8,11H,4,9-10,15H2,1-3H3. The first kappa shape index (κ1) is 14.5. The highest BCUT2D eigenvalue weighted by Gasteiger charge is 2.17. The Morgan fingerprint density at radius 1 is 1.44 bits per heavy atom. The summed E-state index contributed by atoms with van der Waals surface area (Å²) in [6.45, 7) is 5.32. The fraction of sp³-hybridized carbons (Fsp3) is 0.500. The van der Waals surface area contributed by atoms with Gasteiger partial charge in [0.1, 0.15) is 5.75 Å². The molecule has 4 heteroatoms. The topological polar surface area (TPSA) is 55.6 Å². The van der Waals surface area contributed by atoms with Crippen molar-refractivity contribution in [3.05, 3.63) is 29.8 Å². The first-order valence-corrected chi connectivity index (χ1v) is 6.25. The van der Waals surface area contributed by atoms with Crippen molar-refractivity contribution in [2.75, 3.05) is 20.2 Å². The number of para-hydroxylation sites is 1. The lowest BCUT2D eigenvalue weighted by Crippen LogP contribution is -2.34. The highest BCUT2D eigenvalue weighted by atomic mass is 16.5. The molecule has 1 unspecified atom stereocenters. The van der Waals surface area contributed by atoms with Gasteiger partial charge in [0.25, 0.3) is 0 Å². The molecule has 0 heterocycles. The monoisotopic (exact) mass is 250 g/mol. The van der Waals surface area contributed by atoms with Gasteiger partial charge in [0.05, 0.1) is 6.61 Å². The first-order chi connectivity index (χ1) is 8.60. The van der Waals surface area contributed by atoms with Gasteiger partial charge in [-0.2, -0.15) is 0 Å². The van der Waals surface area contributed by atoms with E-state index in [-0.39, 0.29) is 11.8 Å². The first-order valence-electron chi connectivity index (χ1n) is 6.25. The number of hydrogen-bond acceptors (Lipinski definition) is 3. The van der Waals surface area contributed by atoms with E-state index < -0.39 is 0 Å². The van der Waals surface area contributed by atoms with E-state index in [0.717, 1.165) is 11.3 Å². The van der Waals surface area contributed by atoms with Crippen molar-refractivity contribution in [1.29, 1.82) is 0 Å². The van der Waals surface area contributed by atoms with Gasteiger partial charge in [0, 0.05) is 31.6 Å². The number of amides is 1. The zero-order chi connectivity index (χ0) is 13.5. The molecule has 1 atom stereocenters. The molecule has 0 aliphatic heterocycles. The Morgan fingerprint density at radius 3 is 2.72 bits per heavy atom. The van der Waals surface area contributed by atoms with Crippen LogP contribution in [0.1, 0.15) is 19.4 Å². The molecule has 0 spiro atoms. The maximum atomic E-state index is 12.0. The van der Waals surface area contributed by atoms with Crippen molar-refractivity contribution in [2.45, 2.75) is 20.4 Å². The number of nitrogens with two attached hydrogens (primary N) is 1. The van der Waals surface area contributed by atoms with E-state index in [1.165, 1.54) is 0 Å². The molecule has 4 nitrogen and oxygen atoms in total. The van der Waals surface area contributed by atoms with Crippen LogP contribution in [0.15, 0.2) is 24.3 Å². The number of carbonyl (C=O) groups excluding carboxylic acids is 1. The third-order valence-electron chi connectivity index (χ3n) is 2.83. The lowest BCUT2D eigenvalue weighted by molar-refractivity contribution is -0.133. The predicted molar refractivity (Wildman–Crippen MR) is 72.3 cm³/mol. The summed E-state index contributed by atoms with van der Waals surface area (Å²) in [6, 6.07) is 7.77. The van der Waals surface area contributed by atoms with Crippen LogP contribution >= 0.6 is 0 Å². The molecule has 1 aromatic rings. The van der Waals surface area contributed by atoms with E-state index >= 15 is 0 Å². The van der Waals surface area contributed by atoms with Crippen LogP contribution in [-0.2, 0) is 11.3 Å². The third kappa shape index (κ3) is 3.74. The Labute approximate surface area is 109 Å². The molecule has 1 amide bonds. The molecule has 1 rings (SSSR count). The summed E-state index contributed by atoms with van der Waals surface area (Å²) in [5.41, 5.74) is 6.52.